The van der Waals surface area contributed by atoms with E-state index in [0.29, 0.717) is 0 Å². The number of fused-ring (bicyclic) bond motifs is 1. The second kappa shape index (κ2) is 7.92. The summed E-state index contributed by atoms with van der Waals surface area (Å²) in [6.07, 6.45) is 4.46. The van der Waals surface area contributed by atoms with Gasteiger partial charge in [-0.3, -0.25) is 4.99 Å². The largest absolute Gasteiger partial charge is 0.496 e. The summed E-state index contributed by atoms with van der Waals surface area (Å²) in [7, 11) is 3.52. The lowest BCUT2D eigenvalue weighted by molar-refractivity contribution is 0.416. The molecule has 5 heteroatoms. The maximum Gasteiger partial charge on any atom is 0.205 e. The van der Waals surface area contributed by atoms with Crippen molar-refractivity contribution in [3.8, 4) is 17.0 Å². The molecule has 0 radical (unpaired) electrons. The number of thiazole rings is 1. The minimum absolute atomic E-state index is 0.841. The van der Waals surface area contributed by atoms with Crippen molar-refractivity contribution in [3.05, 3.63) is 69.8 Å². The average molecular weight is 378 g/mol. The number of rotatable bonds is 3. The van der Waals surface area contributed by atoms with Crippen LogP contribution in [0.15, 0.2) is 64.0 Å². The second-order valence-corrected chi connectivity index (χ2v) is 7.39. The van der Waals surface area contributed by atoms with E-state index in [9.17, 15) is 0 Å². The van der Waals surface area contributed by atoms with E-state index < -0.39 is 0 Å². The first-order valence-corrected chi connectivity index (χ1v) is 10.1. The molecule has 3 aromatic rings. The Morgan fingerprint density at radius 3 is 2.52 bits per heavy atom. The standard InChI is InChI=1S/C22H23N3OS/c1-23-22-25(20(15-27-22)18-12-6-8-14-21(18)26-2)24-19-13-7-4-10-16-9-3-5-11-17(16)19/h3,5-6,8-9,11-12,14-15H,4,7,10,13H2,1-2H3. The highest BCUT2D eigenvalue weighted by Gasteiger charge is 2.16. The number of aromatic nitrogens is 1. The van der Waals surface area contributed by atoms with Crippen LogP contribution in [-0.2, 0) is 6.42 Å². The van der Waals surface area contributed by atoms with Gasteiger partial charge < -0.3 is 4.74 Å². The maximum absolute atomic E-state index is 5.58. The molecule has 2 aromatic carbocycles. The summed E-state index contributed by atoms with van der Waals surface area (Å²) in [5.41, 5.74) is 5.82. The lowest BCUT2D eigenvalue weighted by Crippen LogP contribution is -2.15. The summed E-state index contributed by atoms with van der Waals surface area (Å²) in [5, 5.41) is 7.20. The van der Waals surface area contributed by atoms with E-state index in [1.54, 1.807) is 18.4 Å². The third kappa shape index (κ3) is 3.47. The molecule has 4 rings (SSSR count). The Balaban J connectivity index is 1.91. The van der Waals surface area contributed by atoms with Crippen molar-refractivity contribution in [2.75, 3.05) is 14.2 Å². The van der Waals surface area contributed by atoms with Gasteiger partial charge in [-0.2, -0.15) is 5.10 Å². The average Bonchev–Trinajstić information content (AvgIpc) is 3.01. The molecule has 27 heavy (non-hydrogen) atoms. The summed E-state index contributed by atoms with van der Waals surface area (Å²) in [6, 6.07) is 16.7. The van der Waals surface area contributed by atoms with E-state index in [0.717, 1.165) is 46.8 Å². The summed E-state index contributed by atoms with van der Waals surface area (Å²) < 4.78 is 7.55. The molecule has 0 atom stereocenters. The number of nitrogens with zero attached hydrogens (tertiary/aromatic N) is 3. The Morgan fingerprint density at radius 1 is 0.963 bits per heavy atom. The molecular weight excluding hydrogens is 354 g/mol. The predicted molar refractivity (Wildman–Crippen MR) is 112 cm³/mol. The molecule has 0 spiro atoms. The van der Waals surface area contributed by atoms with Crippen LogP contribution in [0.25, 0.3) is 11.3 Å². The van der Waals surface area contributed by atoms with E-state index in [-0.39, 0.29) is 0 Å². The van der Waals surface area contributed by atoms with Crippen LogP contribution >= 0.6 is 11.3 Å². The van der Waals surface area contributed by atoms with Gasteiger partial charge in [-0.25, -0.2) is 4.68 Å². The van der Waals surface area contributed by atoms with Crippen molar-refractivity contribution in [3.63, 3.8) is 0 Å². The highest BCUT2D eigenvalue weighted by atomic mass is 32.1. The predicted octanol–water partition coefficient (Wildman–Crippen LogP) is 4.73. The Morgan fingerprint density at radius 2 is 1.70 bits per heavy atom. The fraction of sp³-hybridized carbons (Fsp3) is 0.273. The lowest BCUT2D eigenvalue weighted by Gasteiger charge is -2.11. The molecule has 0 N–H and O–H groups in total. The van der Waals surface area contributed by atoms with Gasteiger partial charge in [0.15, 0.2) is 0 Å². The topological polar surface area (TPSA) is 38.9 Å². The van der Waals surface area contributed by atoms with Crippen molar-refractivity contribution in [2.24, 2.45) is 10.1 Å². The van der Waals surface area contributed by atoms with E-state index in [2.05, 4.69) is 40.7 Å². The summed E-state index contributed by atoms with van der Waals surface area (Å²) in [5.74, 6) is 0.841. The van der Waals surface area contributed by atoms with Gasteiger partial charge in [0.2, 0.25) is 4.80 Å². The van der Waals surface area contributed by atoms with Gasteiger partial charge in [-0.15, -0.1) is 11.3 Å². The fourth-order valence-corrected chi connectivity index (χ4v) is 4.36. The second-order valence-electron chi connectivity index (χ2n) is 6.55. The molecule has 4 nitrogen and oxygen atoms in total. The van der Waals surface area contributed by atoms with Crippen LogP contribution in [0.2, 0.25) is 0 Å². The molecule has 1 aliphatic carbocycles. The van der Waals surface area contributed by atoms with E-state index in [1.165, 1.54) is 17.5 Å². The molecular formula is C22H23N3OS. The Hall–Kier alpha value is -2.66. The molecule has 138 valence electrons. The van der Waals surface area contributed by atoms with Crippen molar-refractivity contribution in [2.45, 2.75) is 25.7 Å². The molecule has 1 heterocycles. The molecule has 0 bridgehead atoms. The Kier molecular flexibility index (Phi) is 5.21. The fourth-order valence-electron chi connectivity index (χ4n) is 3.58. The minimum atomic E-state index is 0.841. The number of methoxy groups -OCH3 is 1. The Bertz CT molecular complexity index is 1050. The van der Waals surface area contributed by atoms with Crippen LogP contribution < -0.4 is 9.54 Å². The van der Waals surface area contributed by atoms with Gasteiger partial charge in [0.1, 0.15) is 5.75 Å². The molecule has 0 amide bonds. The van der Waals surface area contributed by atoms with Crippen molar-refractivity contribution in [1.29, 1.82) is 0 Å². The molecule has 0 unspecified atom stereocenters. The van der Waals surface area contributed by atoms with Gasteiger partial charge in [0.05, 0.1) is 18.5 Å². The SMILES string of the molecule is CN=c1scc(-c2ccccc2OC)n1N=C1CCCCc2ccccc21. The number of ether oxygens (including phenoxy) is 1. The summed E-state index contributed by atoms with van der Waals surface area (Å²) >= 11 is 1.60. The van der Waals surface area contributed by atoms with Crippen LogP contribution in [0.5, 0.6) is 5.75 Å². The third-order valence-electron chi connectivity index (χ3n) is 4.92. The van der Waals surface area contributed by atoms with E-state index >= 15 is 0 Å². The summed E-state index contributed by atoms with van der Waals surface area (Å²) in [6.45, 7) is 0. The van der Waals surface area contributed by atoms with Gasteiger partial charge in [-0.1, -0.05) is 36.4 Å². The molecule has 0 aliphatic heterocycles. The molecule has 0 saturated heterocycles. The first-order chi connectivity index (χ1) is 13.3. The minimum Gasteiger partial charge on any atom is -0.496 e. The van der Waals surface area contributed by atoms with Crippen LogP contribution in [-0.4, -0.2) is 24.5 Å². The van der Waals surface area contributed by atoms with Crippen LogP contribution in [0, 0.1) is 0 Å². The number of benzene rings is 2. The first kappa shape index (κ1) is 17.7. The number of aryl methyl sites for hydroxylation is 1. The highest BCUT2D eigenvalue weighted by molar-refractivity contribution is 7.07. The van der Waals surface area contributed by atoms with E-state index in [1.807, 2.05) is 29.9 Å². The molecule has 0 fully saturated rings. The summed E-state index contributed by atoms with van der Waals surface area (Å²) in [4.78, 5) is 5.33. The smallest absolute Gasteiger partial charge is 0.205 e. The van der Waals surface area contributed by atoms with Gasteiger partial charge in [-0.05, 0) is 43.4 Å². The maximum atomic E-state index is 5.58. The van der Waals surface area contributed by atoms with Crippen molar-refractivity contribution < 1.29 is 4.74 Å². The molecule has 1 aliphatic rings. The van der Waals surface area contributed by atoms with Crippen LogP contribution in [0.4, 0.5) is 0 Å². The normalized spacial score (nSPS) is 16.2. The van der Waals surface area contributed by atoms with Gasteiger partial charge in [0, 0.05) is 23.6 Å². The zero-order valence-electron chi connectivity index (χ0n) is 15.7. The van der Waals surface area contributed by atoms with E-state index in [4.69, 9.17) is 9.84 Å². The van der Waals surface area contributed by atoms with Crippen molar-refractivity contribution in [1.82, 2.24) is 4.68 Å². The zero-order chi connectivity index (χ0) is 18.6. The van der Waals surface area contributed by atoms with Crippen LogP contribution in [0.3, 0.4) is 0 Å². The molecule has 0 saturated carbocycles. The van der Waals surface area contributed by atoms with Gasteiger partial charge in [0.25, 0.3) is 0 Å². The number of hydrogen-bond donors (Lipinski definition) is 0. The number of hydrogen-bond acceptors (Lipinski definition) is 4. The highest BCUT2D eigenvalue weighted by Crippen LogP contribution is 2.30. The lowest BCUT2D eigenvalue weighted by atomic mass is 10.0. The number of para-hydroxylation sites is 1. The first-order valence-electron chi connectivity index (χ1n) is 9.24. The van der Waals surface area contributed by atoms with Crippen molar-refractivity contribution >= 4 is 17.0 Å². The molecule has 1 aromatic heterocycles. The zero-order valence-corrected chi connectivity index (χ0v) is 16.5. The van der Waals surface area contributed by atoms with Gasteiger partial charge >= 0.3 is 0 Å². The third-order valence-corrected chi connectivity index (χ3v) is 5.83. The monoisotopic (exact) mass is 377 g/mol. The van der Waals surface area contributed by atoms with Crippen LogP contribution in [0.1, 0.15) is 30.4 Å². The Labute approximate surface area is 163 Å². The quantitative estimate of drug-likeness (QED) is 0.608.